The summed E-state index contributed by atoms with van der Waals surface area (Å²) in [5.41, 5.74) is 0. The van der Waals surface area contributed by atoms with Crippen LogP contribution < -0.4 is 0 Å². The normalized spacial score (nSPS) is 18.3. The highest BCUT2D eigenvalue weighted by molar-refractivity contribution is 7.86. The number of ether oxygens (including phenoxy) is 1. The van der Waals surface area contributed by atoms with Gasteiger partial charge in [0.15, 0.2) is 6.61 Å². The molecule has 0 aromatic heterocycles. The number of esters is 1. The zero-order valence-electron chi connectivity index (χ0n) is 7.65. The van der Waals surface area contributed by atoms with Crippen molar-refractivity contribution in [3.05, 3.63) is 0 Å². The second kappa shape index (κ2) is 4.01. The second-order valence-electron chi connectivity index (χ2n) is 3.35. The lowest BCUT2D eigenvalue weighted by atomic mass is 9.86. The average molecular weight is 244 g/mol. The monoisotopic (exact) mass is 244 g/mol. The first-order chi connectivity index (χ1) is 6.74. The molecule has 8 heteroatoms. The lowest BCUT2D eigenvalue weighted by molar-refractivity contribution is -0.157. The summed E-state index contributed by atoms with van der Waals surface area (Å²) in [5.74, 6) is -1.26. The fourth-order valence-corrected chi connectivity index (χ4v) is 1.20. The van der Waals surface area contributed by atoms with Crippen molar-refractivity contribution in [3.8, 4) is 0 Å². The Kier molecular flexibility index (Phi) is 3.29. The molecule has 5 nitrogen and oxygen atoms in total. The molecule has 1 fully saturated rings. The van der Waals surface area contributed by atoms with E-state index in [-0.39, 0.29) is 0 Å². The van der Waals surface area contributed by atoms with Gasteiger partial charge in [0, 0.05) is 0 Å². The van der Waals surface area contributed by atoms with Crippen LogP contribution in [0, 0.1) is 5.92 Å². The molecule has 0 bridgehead atoms. The first-order valence-electron chi connectivity index (χ1n) is 4.25. The van der Waals surface area contributed by atoms with Gasteiger partial charge in [0.05, 0.1) is 5.92 Å². The van der Waals surface area contributed by atoms with Crippen molar-refractivity contribution in [1.29, 1.82) is 0 Å². The fraction of sp³-hybridized carbons (Fsp3) is 0.857. The van der Waals surface area contributed by atoms with Gasteiger partial charge in [-0.05, 0) is 12.8 Å². The summed E-state index contributed by atoms with van der Waals surface area (Å²) in [6, 6.07) is 0. The molecule has 0 unspecified atom stereocenters. The lowest BCUT2D eigenvalue weighted by Gasteiger charge is -2.23. The number of carbonyl (C=O) groups excluding carboxylic acids is 1. The maximum Gasteiger partial charge on any atom is 0.402 e. The van der Waals surface area contributed by atoms with Crippen molar-refractivity contribution >= 4 is 16.1 Å². The molecule has 0 aromatic carbocycles. The Balaban J connectivity index is 2.45. The van der Waals surface area contributed by atoms with E-state index >= 15 is 0 Å². The minimum Gasteiger partial charge on any atom is -0.458 e. The van der Waals surface area contributed by atoms with E-state index < -0.39 is 33.9 Å². The summed E-state index contributed by atoms with van der Waals surface area (Å²) in [5, 5.41) is -4.44. The number of halogens is 2. The minimum atomic E-state index is -5.52. The van der Waals surface area contributed by atoms with Gasteiger partial charge in [0.2, 0.25) is 0 Å². The minimum absolute atomic E-state index is 0.415. The summed E-state index contributed by atoms with van der Waals surface area (Å²) < 4.78 is 57.6. The Bertz CT molecular complexity index is 346. The molecule has 0 atom stereocenters. The number of carbonyl (C=O) groups is 1. The molecule has 1 saturated carbocycles. The maximum absolute atomic E-state index is 12.6. The molecular weight excluding hydrogens is 234 g/mol. The average Bonchev–Trinajstić information content (AvgIpc) is 1.95. The zero-order chi connectivity index (χ0) is 11.7. The second-order valence-corrected chi connectivity index (χ2v) is 4.90. The van der Waals surface area contributed by atoms with Gasteiger partial charge in [-0.25, -0.2) is 0 Å². The van der Waals surface area contributed by atoms with Crippen LogP contribution in [0.5, 0.6) is 0 Å². The van der Waals surface area contributed by atoms with Crippen LogP contribution in [-0.4, -0.2) is 30.8 Å². The van der Waals surface area contributed by atoms with Crippen LogP contribution in [0.1, 0.15) is 19.3 Å². The van der Waals surface area contributed by atoms with Crippen LogP contribution >= 0.6 is 0 Å². The maximum atomic E-state index is 12.6. The molecule has 0 saturated heterocycles. The first kappa shape index (κ1) is 12.3. The van der Waals surface area contributed by atoms with Crippen molar-refractivity contribution in [2.45, 2.75) is 24.5 Å². The largest absolute Gasteiger partial charge is 0.458 e. The molecule has 1 aliphatic carbocycles. The van der Waals surface area contributed by atoms with E-state index in [0.717, 1.165) is 6.42 Å². The van der Waals surface area contributed by atoms with Gasteiger partial charge in [-0.1, -0.05) is 6.42 Å². The number of hydrogen-bond donors (Lipinski definition) is 1. The van der Waals surface area contributed by atoms with E-state index in [1.54, 1.807) is 0 Å². The van der Waals surface area contributed by atoms with Crippen LogP contribution in [0.2, 0.25) is 0 Å². The third-order valence-corrected chi connectivity index (χ3v) is 3.07. The Hall–Kier alpha value is -0.760. The molecule has 0 amide bonds. The van der Waals surface area contributed by atoms with Crippen LogP contribution in [0.3, 0.4) is 0 Å². The Morgan fingerprint density at radius 2 is 2.00 bits per heavy atom. The SMILES string of the molecule is O=C(OCC(F)(F)S(=O)(=O)O)C1CCC1. The van der Waals surface area contributed by atoms with E-state index in [2.05, 4.69) is 4.74 Å². The molecule has 88 valence electrons. The van der Waals surface area contributed by atoms with Crippen molar-refractivity contribution < 1.29 is 31.3 Å². The molecule has 15 heavy (non-hydrogen) atoms. The number of rotatable bonds is 4. The van der Waals surface area contributed by atoms with Gasteiger partial charge < -0.3 is 4.74 Å². The molecular formula is C7H10F2O5S. The Labute approximate surface area is 85.2 Å². The predicted molar refractivity (Wildman–Crippen MR) is 44.8 cm³/mol. The third kappa shape index (κ3) is 2.85. The van der Waals surface area contributed by atoms with Crippen molar-refractivity contribution in [1.82, 2.24) is 0 Å². The van der Waals surface area contributed by atoms with E-state index in [1.807, 2.05) is 0 Å². The lowest BCUT2D eigenvalue weighted by Crippen LogP contribution is -2.36. The molecule has 0 radical (unpaired) electrons. The first-order valence-corrected chi connectivity index (χ1v) is 5.69. The van der Waals surface area contributed by atoms with Crippen molar-refractivity contribution in [2.24, 2.45) is 5.92 Å². The third-order valence-electron chi connectivity index (χ3n) is 2.20. The zero-order valence-corrected chi connectivity index (χ0v) is 8.47. The molecule has 0 aromatic rings. The van der Waals surface area contributed by atoms with E-state index in [1.165, 1.54) is 0 Å². The molecule has 1 N–H and O–H groups in total. The summed E-state index contributed by atoms with van der Waals surface area (Å²) >= 11 is 0. The molecule has 0 aliphatic heterocycles. The van der Waals surface area contributed by atoms with Crippen LogP contribution in [0.25, 0.3) is 0 Å². The Morgan fingerprint density at radius 1 is 1.47 bits per heavy atom. The number of hydrogen-bond acceptors (Lipinski definition) is 4. The van der Waals surface area contributed by atoms with E-state index in [0.29, 0.717) is 12.8 Å². The van der Waals surface area contributed by atoms with Gasteiger partial charge in [0.25, 0.3) is 0 Å². The molecule has 0 heterocycles. The smallest absolute Gasteiger partial charge is 0.402 e. The van der Waals surface area contributed by atoms with Gasteiger partial charge in [-0.3, -0.25) is 9.35 Å². The quantitative estimate of drug-likeness (QED) is 0.584. The van der Waals surface area contributed by atoms with Crippen LogP contribution in [0.15, 0.2) is 0 Å². The summed E-state index contributed by atoms with van der Waals surface area (Å²) in [6.07, 6.45) is 1.96. The van der Waals surface area contributed by atoms with Crippen LogP contribution in [0.4, 0.5) is 8.78 Å². The highest BCUT2D eigenvalue weighted by Crippen LogP contribution is 2.28. The van der Waals surface area contributed by atoms with Gasteiger partial charge in [-0.15, -0.1) is 0 Å². The van der Waals surface area contributed by atoms with E-state index in [9.17, 15) is 22.0 Å². The standard InChI is InChI=1S/C7H10F2O5S/c8-7(9,15(11,12)13)4-14-6(10)5-2-1-3-5/h5H,1-4H2,(H,11,12,13). The molecule has 1 rings (SSSR count). The van der Waals surface area contributed by atoms with Gasteiger partial charge in [0.1, 0.15) is 0 Å². The van der Waals surface area contributed by atoms with Crippen molar-refractivity contribution in [2.75, 3.05) is 6.61 Å². The summed E-state index contributed by atoms with van der Waals surface area (Å²) in [7, 11) is -5.52. The number of alkyl halides is 2. The Morgan fingerprint density at radius 3 is 2.33 bits per heavy atom. The highest BCUT2D eigenvalue weighted by atomic mass is 32.2. The topological polar surface area (TPSA) is 80.7 Å². The highest BCUT2D eigenvalue weighted by Gasteiger charge is 2.46. The van der Waals surface area contributed by atoms with Gasteiger partial charge >= 0.3 is 21.3 Å². The van der Waals surface area contributed by atoms with Crippen LogP contribution in [-0.2, 0) is 19.6 Å². The fourth-order valence-electron chi connectivity index (χ4n) is 0.991. The summed E-state index contributed by atoms with van der Waals surface area (Å²) in [4.78, 5) is 11.0. The predicted octanol–water partition coefficient (Wildman–Crippen LogP) is 0.810. The molecule has 0 spiro atoms. The van der Waals surface area contributed by atoms with Crippen molar-refractivity contribution in [3.63, 3.8) is 0 Å². The van der Waals surface area contributed by atoms with Gasteiger partial charge in [-0.2, -0.15) is 17.2 Å². The molecule has 1 aliphatic rings. The summed E-state index contributed by atoms with van der Waals surface area (Å²) in [6.45, 7) is -1.64. The van der Waals surface area contributed by atoms with E-state index in [4.69, 9.17) is 4.55 Å².